The Labute approximate surface area is 120 Å². The second kappa shape index (κ2) is 6.68. The molecule has 1 unspecified atom stereocenters. The van der Waals surface area contributed by atoms with Crippen LogP contribution in [0.2, 0.25) is 0 Å². The Morgan fingerprint density at radius 2 is 2.21 bits per heavy atom. The summed E-state index contributed by atoms with van der Waals surface area (Å²) >= 11 is 1.81. The Bertz CT molecular complexity index is 385. The van der Waals surface area contributed by atoms with Gasteiger partial charge in [-0.25, -0.2) is 4.98 Å². The van der Waals surface area contributed by atoms with Crippen LogP contribution in [0.5, 0.6) is 0 Å². The van der Waals surface area contributed by atoms with Crippen molar-refractivity contribution >= 4 is 16.5 Å². The lowest BCUT2D eigenvalue weighted by molar-refractivity contribution is 0.221. The van der Waals surface area contributed by atoms with E-state index in [1.165, 1.54) is 37.4 Å². The molecule has 5 heteroatoms. The first-order chi connectivity index (χ1) is 9.15. The van der Waals surface area contributed by atoms with Crippen LogP contribution >= 0.6 is 11.3 Å². The van der Waals surface area contributed by atoms with Crippen LogP contribution in [-0.2, 0) is 0 Å². The molecule has 4 nitrogen and oxygen atoms in total. The summed E-state index contributed by atoms with van der Waals surface area (Å²) < 4.78 is 0. The summed E-state index contributed by atoms with van der Waals surface area (Å²) in [7, 11) is 4.19. The van der Waals surface area contributed by atoms with Crippen molar-refractivity contribution in [1.82, 2.24) is 15.2 Å². The van der Waals surface area contributed by atoms with E-state index >= 15 is 0 Å². The van der Waals surface area contributed by atoms with Crippen molar-refractivity contribution in [2.24, 2.45) is 0 Å². The Morgan fingerprint density at radius 1 is 1.53 bits per heavy atom. The van der Waals surface area contributed by atoms with Crippen molar-refractivity contribution in [2.75, 3.05) is 38.6 Å². The van der Waals surface area contributed by atoms with Gasteiger partial charge in [0.2, 0.25) is 0 Å². The monoisotopic (exact) mass is 282 g/mol. The maximum atomic E-state index is 4.59. The summed E-state index contributed by atoms with van der Waals surface area (Å²) in [6.45, 7) is 8.04. The minimum atomic E-state index is 0.390. The number of nitrogens with one attached hydrogen (secondary N) is 1. The van der Waals surface area contributed by atoms with Crippen LogP contribution in [0.15, 0.2) is 6.20 Å². The lowest BCUT2D eigenvalue weighted by Gasteiger charge is -2.36. The number of aromatic nitrogens is 1. The molecule has 19 heavy (non-hydrogen) atoms. The molecule has 1 fully saturated rings. The zero-order valence-corrected chi connectivity index (χ0v) is 13.3. The van der Waals surface area contributed by atoms with E-state index in [1.54, 1.807) is 0 Å². The highest BCUT2D eigenvalue weighted by atomic mass is 32.1. The minimum absolute atomic E-state index is 0.390. The summed E-state index contributed by atoms with van der Waals surface area (Å²) in [5.74, 6) is 0. The zero-order valence-electron chi connectivity index (χ0n) is 12.5. The van der Waals surface area contributed by atoms with Gasteiger partial charge in [0, 0.05) is 43.3 Å². The molecular formula is C14H26N4S. The third-order valence-corrected chi connectivity index (χ3v) is 5.50. The molecule has 108 valence electrons. The fourth-order valence-electron chi connectivity index (χ4n) is 2.56. The largest absolute Gasteiger partial charge is 0.348 e. The molecule has 0 amide bonds. The third kappa shape index (κ3) is 3.46. The van der Waals surface area contributed by atoms with E-state index in [2.05, 4.69) is 41.0 Å². The first-order valence-corrected chi connectivity index (χ1v) is 8.05. The quantitative estimate of drug-likeness (QED) is 0.898. The molecule has 1 aliphatic rings. The predicted octanol–water partition coefficient (Wildman–Crippen LogP) is 2.34. The molecule has 0 saturated carbocycles. The van der Waals surface area contributed by atoms with E-state index < -0.39 is 0 Å². The second-order valence-corrected chi connectivity index (χ2v) is 6.37. The standard InChI is InChI=1S/C14H26N4S/c1-5-18-8-6-12(7-9-18)17(4)14-16-10-13(19-14)11(2)15-3/h10-12,15H,5-9H2,1-4H3. The first-order valence-electron chi connectivity index (χ1n) is 7.23. The van der Waals surface area contributed by atoms with Gasteiger partial charge in [-0.05, 0) is 33.4 Å². The SMILES string of the molecule is CCN1CCC(N(C)c2ncc(C(C)NC)s2)CC1. The van der Waals surface area contributed by atoms with Gasteiger partial charge in [0.25, 0.3) is 0 Å². The smallest absolute Gasteiger partial charge is 0.185 e. The number of hydrogen-bond donors (Lipinski definition) is 1. The number of anilines is 1. The van der Waals surface area contributed by atoms with Gasteiger partial charge < -0.3 is 15.1 Å². The molecular weight excluding hydrogens is 256 g/mol. The molecule has 1 N–H and O–H groups in total. The summed E-state index contributed by atoms with van der Waals surface area (Å²) in [6.07, 6.45) is 4.51. The number of hydrogen-bond acceptors (Lipinski definition) is 5. The molecule has 1 aromatic rings. The number of rotatable bonds is 5. The first kappa shape index (κ1) is 14.8. The van der Waals surface area contributed by atoms with E-state index in [9.17, 15) is 0 Å². The summed E-state index contributed by atoms with van der Waals surface area (Å²) in [5.41, 5.74) is 0. The van der Waals surface area contributed by atoms with Crippen LogP contribution in [0.1, 0.15) is 37.6 Å². The Morgan fingerprint density at radius 3 is 2.79 bits per heavy atom. The normalized spacial score (nSPS) is 19.6. The molecule has 0 bridgehead atoms. The molecule has 0 aliphatic carbocycles. The molecule has 0 aromatic carbocycles. The molecule has 0 radical (unpaired) electrons. The van der Waals surface area contributed by atoms with E-state index in [0.717, 1.165) is 5.13 Å². The molecule has 0 spiro atoms. The summed E-state index contributed by atoms with van der Waals surface area (Å²) in [4.78, 5) is 10.8. The van der Waals surface area contributed by atoms with Gasteiger partial charge in [0.05, 0.1) is 0 Å². The van der Waals surface area contributed by atoms with E-state index in [4.69, 9.17) is 0 Å². The van der Waals surface area contributed by atoms with E-state index in [-0.39, 0.29) is 0 Å². The Kier molecular flexibility index (Phi) is 5.19. The molecule has 2 rings (SSSR count). The number of likely N-dealkylation sites (tertiary alicyclic amines) is 1. The molecule has 1 aromatic heterocycles. The van der Waals surface area contributed by atoms with Gasteiger partial charge in [-0.1, -0.05) is 6.92 Å². The van der Waals surface area contributed by atoms with Crippen molar-refractivity contribution < 1.29 is 0 Å². The molecule has 1 aliphatic heterocycles. The van der Waals surface area contributed by atoms with E-state index in [1.807, 2.05) is 24.6 Å². The molecule has 2 heterocycles. The van der Waals surface area contributed by atoms with Gasteiger partial charge in [0.1, 0.15) is 0 Å². The highest BCUT2D eigenvalue weighted by Gasteiger charge is 2.23. The maximum absolute atomic E-state index is 4.59. The van der Waals surface area contributed by atoms with Crippen molar-refractivity contribution in [1.29, 1.82) is 0 Å². The van der Waals surface area contributed by atoms with Gasteiger partial charge in [-0.15, -0.1) is 11.3 Å². The van der Waals surface area contributed by atoms with Gasteiger partial charge in [-0.3, -0.25) is 0 Å². The average molecular weight is 282 g/mol. The highest BCUT2D eigenvalue weighted by Crippen LogP contribution is 2.29. The van der Waals surface area contributed by atoms with Crippen molar-refractivity contribution in [3.63, 3.8) is 0 Å². The zero-order chi connectivity index (χ0) is 13.8. The van der Waals surface area contributed by atoms with Crippen molar-refractivity contribution in [3.05, 3.63) is 11.1 Å². The number of piperidine rings is 1. The highest BCUT2D eigenvalue weighted by molar-refractivity contribution is 7.15. The lowest BCUT2D eigenvalue weighted by atomic mass is 10.0. The lowest BCUT2D eigenvalue weighted by Crippen LogP contribution is -2.43. The van der Waals surface area contributed by atoms with Gasteiger partial charge >= 0.3 is 0 Å². The molecule has 1 atom stereocenters. The van der Waals surface area contributed by atoms with Crippen LogP contribution in [0.3, 0.4) is 0 Å². The van der Waals surface area contributed by atoms with E-state index in [0.29, 0.717) is 12.1 Å². The summed E-state index contributed by atoms with van der Waals surface area (Å²) in [6, 6.07) is 1.04. The maximum Gasteiger partial charge on any atom is 0.185 e. The predicted molar refractivity (Wildman–Crippen MR) is 83.1 cm³/mol. The van der Waals surface area contributed by atoms with Crippen LogP contribution in [0.25, 0.3) is 0 Å². The summed E-state index contributed by atoms with van der Waals surface area (Å²) in [5, 5.41) is 4.43. The van der Waals surface area contributed by atoms with Crippen molar-refractivity contribution in [3.8, 4) is 0 Å². The minimum Gasteiger partial charge on any atom is -0.348 e. The second-order valence-electron chi connectivity index (χ2n) is 5.33. The topological polar surface area (TPSA) is 31.4 Å². The van der Waals surface area contributed by atoms with Crippen LogP contribution in [0, 0.1) is 0 Å². The molecule has 1 saturated heterocycles. The Hall–Kier alpha value is -0.650. The number of nitrogens with zero attached hydrogens (tertiary/aromatic N) is 3. The fraction of sp³-hybridized carbons (Fsp3) is 0.786. The van der Waals surface area contributed by atoms with Crippen LogP contribution in [0.4, 0.5) is 5.13 Å². The van der Waals surface area contributed by atoms with Crippen LogP contribution in [-0.4, -0.2) is 49.7 Å². The van der Waals surface area contributed by atoms with Crippen molar-refractivity contribution in [2.45, 2.75) is 38.8 Å². The van der Waals surface area contributed by atoms with Crippen LogP contribution < -0.4 is 10.2 Å². The Balaban J connectivity index is 1.96. The van der Waals surface area contributed by atoms with Gasteiger partial charge in [-0.2, -0.15) is 0 Å². The average Bonchev–Trinajstić information content (AvgIpc) is 2.95. The van der Waals surface area contributed by atoms with Gasteiger partial charge in [0.15, 0.2) is 5.13 Å². The fourth-order valence-corrected chi connectivity index (χ4v) is 3.57. The number of thiazole rings is 1. The third-order valence-electron chi connectivity index (χ3n) is 4.22.